The van der Waals surface area contributed by atoms with Crippen LogP contribution < -0.4 is 10.1 Å². The van der Waals surface area contributed by atoms with Crippen molar-refractivity contribution in [3.05, 3.63) is 29.8 Å². The molecule has 0 amide bonds. The zero-order valence-corrected chi connectivity index (χ0v) is 12.3. The first-order chi connectivity index (χ1) is 8.72. The van der Waals surface area contributed by atoms with E-state index in [2.05, 4.69) is 12.2 Å². The largest absolute Gasteiger partial charge is 0.494 e. The van der Waals surface area contributed by atoms with Gasteiger partial charge in [-0.15, -0.1) is 0 Å². The molecule has 0 aliphatic heterocycles. The SMILES string of the molecule is CCCS(=O)CC(NC)c1ccccc1OCC. The average molecular weight is 269 g/mol. The van der Waals surface area contributed by atoms with Gasteiger partial charge in [-0.3, -0.25) is 4.21 Å². The minimum absolute atomic E-state index is 0.0835. The Hall–Kier alpha value is -0.870. The minimum Gasteiger partial charge on any atom is -0.494 e. The molecule has 0 aliphatic rings. The topological polar surface area (TPSA) is 38.3 Å². The first kappa shape index (κ1) is 15.2. The van der Waals surface area contributed by atoms with E-state index in [0.29, 0.717) is 12.4 Å². The van der Waals surface area contributed by atoms with Gasteiger partial charge in [-0.05, 0) is 26.5 Å². The zero-order chi connectivity index (χ0) is 13.4. The van der Waals surface area contributed by atoms with E-state index in [9.17, 15) is 4.21 Å². The maximum absolute atomic E-state index is 11.9. The molecule has 0 aliphatic carbocycles. The maximum atomic E-state index is 11.9. The Labute approximate surface area is 112 Å². The molecule has 4 heteroatoms. The van der Waals surface area contributed by atoms with E-state index in [-0.39, 0.29) is 6.04 Å². The lowest BCUT2D eigenvalue weighted by Gasteiger charge is -2.19. The van der Waals surface area contributed by atoms with Gasteiger partial charge in [0.15, 0.2) is 0 Å². The lowest BCUT2D eigenvalue weighted by molar-refractivity contribution is 0.333. The van der Waals surface area contributed by atoms with Gasteiger partial charge in [0.25, 0.3) is 0 Å². The number of hydrogen-bond acceptors (Lipinski definition) is 3. The van der Waals surface area contributed by atoms with Crippen LogP contribution in [0.4, 0.5) is 0 Å². The number of benzene rings is 1. The standard InChI is InChI=1S/C14H23NO2S/c1-4-10-18(16)11-13(15-3)12-8-6-7-9-14(12)17-5-2/h6-9,13,15H,4-5,10-11H2,1-3H3. The van der Waals surface area contributed by atoms with Crippen LogP contribution in [-0.4, -0.2) is 29.4 Å². The molecule has 1 aromatic carbocycles. The van der Waals surface area contributed by atoms with Crippen molar-refractivity contribution in [1.82, 2.24) is 5.32 Å². The van der Waals surface area contributed by atoms with Crippen molar-refractivity contribution < 1.29 is 8.95 Å². The highest BCUT2D eigenvalue weighted by Gasteiger charge is 2.16. The van der Waals surface area contributed by atoms with Crippen LogP contribution in [0.2, 0.25) is 0 Å². The molecule has 1 rings (SSSR count). The lowest BCUT2D eigenvalue weighted by Crippen LogP contribution is -2.24. The van der Waals surface area contributed by atoms with Gasteiger partial charge in [0, 0.05) is 33.9 Å². The third-order valence-electron chi connectivity index (χ3n) is 2.73. The van der Waals surface area contributed by atoms with E-state index in [4.69, 9.17) is 4.74 Å². The summed E-state index contributed by atoms with van der Waals surface area (Å²) in [6, 6.07) is 8.04. The highest BCUT2D eigenvalue weighted by molar-refractivity contribution is 7.85. The molecule has 0 saturated heterocycles. The van der Waals surface area contributed by atoms with Gasteiger partial charge in [-0.25, -0.2) is 0 Å². The second kappa shape index (κ2) is 8.27. The molecule has 2 atom stereocenters. The summed E-state index contributed by atoms with van der Waals surface area (Å²) in [5.74, 6) is 2.27. The van der Waals surface area contributed by atoms with Crippen LogP contribution in [0, 0.1) is 0 Å². The fourth-order valence-electron chi connectivity index (χ4n) is 1.88. The van der Waals surface area contributed by atoms with Crippen molar-refractivity contribution >= 4 is 10.8 Å². The molecule has 3 nitrogen and oxygen atoms in total. The van der Waals surface area contributed by atoms with E-state index in [1.807, 2.05) is 38.2 Å². The third-order valence-corrected chi connectivity index (χ3v) is 4.30. The third kappa shape index (κ3) is 4.42. The highest BCUT2D eigenvalue weighted by Crippen LogP contribution is 2.25. The lowest BCUT2D eigenvalue weighted by atomic mass is 10.1. The summed E-state index contributed by atoms with van der Waals surface area (Å²) in [5, 5.41) is 3.23. The normalized spacial score (nSPS) is 14.2. The number of rotatable bonds is 8. The predicted octanol–water partition coefficient (Wildman–Crippen LogP) is 2.50. The molecular formula is C14H23NO2S. The van der Waals surface area contributed by atoms with Crippen LogP contribution in [0.25, 0.3) is 0 Å². The van der Waals surface area contributed by atoms with E-state index in [0.717, 1.165) is 23.5 Å². The molecule has 1 aromatic rings. The molecule has 0 spiro atoms. The summed E-state index contributed by atoms with van der Waals surface area (Å²) in [5.41, 5.74) is 1.09. The first-order valence-electron chi connectivity index (χ1n) is 6.46. The van der Waals surface area contributed by atoms with Crippen LogP contribution in [0.1, 0.15) is 31.9 Å². The Kier molecular flexibility index (Phi) is 6.98. The van der Waals surface area contributed by atoms with Gasteiger partial charge < -0.3 is 10.1 Å². The van der Waals surface area contributed by atoms with Crippen LogP contribution in [-0.2, 0) is 10.8 Å². The highest BCUT2D eigenvalue weighted by atomic mass is 32.2. The summed E-state index contributed by atoms with van der Waals surface area (Å²) >= 11 is 0. The molecule has 0 aromatic heterocycles. The number of ether oxygens (including phenoxy) is 1. The summed E-state index contributed by atoms with van der Waals surface area (Å²) in [6.07, 6.45) is 0.955. The van der Waals surface area contributed by atoms with Crippen LogP contribution in [0.3, 0.4) is 0 Å². The Morgan fingerprint density at radius 1 is 1.33 bits per heavy atom. The number of hydrogen-bond donors (Lipinski definition) is 1. The number of nitrogens with one attached hydrogen (secondary N) is 1. The van der Waals surface area contributed by atoms with Crippen molar-refractivity contribution in [1.29, 1.82) is 0 Å². The molecule has 0 heterocycles. The second-order valence-electron chi connectivity index (χ2n) is 4.12. The van der Waals surface area contributed by atoms with Crippen LogP contribution in [0.15, 0.2) is 24.3 Å². The monoisotopic (exact) mass is 269 g/mol. The molecule has 102 valence electrons. The van der Waals surface area contributed by atoms with Gasteiger partial charge in [0.05, 0.1) is 6.61 Å². The minimum atomic E-state index is -0.781. The molecule has 0 bridgehead atoms. The number of para-hydroxylation sites is 1. The van der Waals surface area contributed by atoms with Crippen LogP contribution in [0.5, 0.6) is 5.75 Å². The van der Waals surface area contributed by atoms with Crippen molar-refractivity contribution in [3.63, 3.8) is 0 Å². The van der Waals surface area contributed by atoms with Gasteiger partial charge in [-0.2, -0.15) is 0 Å². The van der Waals surface area contributed by atoms with Gasteiger partial charge in [0.1, 0.15) is 5.75 Å². The first-order valence-corrected chi connectivity index (χ1v) is 7.95. The van der Waals surface area contributed by atoms with Crippen molar-refractivity contribution in [2.45, 2.75) is 26.3 Å². The maximum Gasteiger partial charge on any atom is 0.124 e. The smallest absolute Gasteiger partial charge is 0.124 e. The van der Waals surface area contributed by atoms with E-state index in [1.54, 1.807) is 0 Å². The molecule has 2 unspecified atom stereocenters. The Balaban J connectivity index is 2.83. The fraction of sp³-hybridized carbons (Fsp3) is 0.571. The molecule has 0 saturated carbocycles. The average Bonchev–Trinajstić information content (AvgIpc) is 2.37. The van der Waals surface area contributed by atoms with E-state index < -0.39 is 10.8 Å². The van der Waals surface area contributed by atoms with Crippen molar-refractivity contribution in [2.24, 2.45) is 0 Å². The van der Waals surface area contributed by atoms with E-state index in [1.165, 1.54) is 0 Å². The molecule has 0 fully saturated rings. The van der Waals surface area contributed by atoms with Gasteiger partial charge in [-0.1, -0.05) is 25.1 Å². The predicted molar refractivity (Wildman–Crippen MR) is 77.6 cm³/mol. The van der Waals surface area contributed by atoms with E-state index >= 15 is 0 Å². The molecule has 18 heavy (non-hydrogen) atoms. The molecule has 0 radical (unpaired) electrons. The van der Waals surface area contributed by atoms with Gasteiger partial charge >= 0.3 is 0 Å². The summed E-state index contributed by atoms with van der Waals surface area (Å²) in [4.78, 5) is 0. The Bertz CT molecular complexity index is 382. The quantitative estimate of drug-likeness (QED) is 0.788. The second-order valence-corrected chi connectivity index (χ2v) is 5.74. The summed E-state index contributed by atoms with van der Waals surface area (Å²) in [6.45, 7) is 4.67. The fourth-order valence-corrected chi connectivity index (χ4v) is 3.22. The summed E-state index contributed by atoms with van der Waals surface area (Å²) in [7, 11) is 1.12. The van der Waals surface area contributed by atoms with Crippen molar-refractivity contribution in [2.75, 3.05) is 25.2 Å². The van der Waals surface area contributed by atoms with Crippen molar-refractivity contribution in [3.8, 4) is 5.75 Å². The van der Waals surface area contributed by atoms with Gasteiger partial charge in [0.2, 0.25) is 0 Å². The molecule has 1 N–H and O–H groups in total. The molecular weight excluding hydrogens is 246 g/mol. The van der Waals surface area contributed by atoms with Crippen LogP contribution >= 0.6 is 0 Å². The Morgan fingerprint density at radius 2 is 2.06 bits per heavy atom. The zero-order valence-electron chi connectivity index (χ0n) is 11.4. The Morgan fingerprint density at radius 3 is 2.67 bits per heavy atom. The summed E-state index contributed by atoms with van der Waals surface area (Å²) < 4.78 is 17.5.